The second kappa shape index (κ2) is 5.61. The Balaban J connectivity index is 1.67. The maximum Gasteiger partial charge on any atom is 0.154 e. The molecule has 0 aliphatic heterocycles. The van der Waals surface area contributed by atoms with Crippen molar-refractivity contribution in [3.63, 3.8) is 0 Å². The Morgan fingerprint density at radius 2 is 2.33 bits per heavy atom. The van der Waals surface area contributed by atoms with Crippen LogP contribution in [-0.2, 0) is 6.54 Å². The van der Waals surface area contributed by atoms with Crippen molar-refractivity contribution in [1.82, 2.24) is 10.3 Å². The third-order valence-electron chi connectivity index (χ3n) is 2.80. The lowest BCUT2D eigenvalue weighted by Gasteiger charge is -2.07. The van der Waals surface area contributed by atoms with Gasteiger partial charge in [-0.3, -0.25) is 0 Å². The fourth-order valence-electron chi connectivity index (χ4n) is 1.64. The van der Waals surface area contributed by atoms with Gasteiger partial charge in [-0.25, -0.2) is 4.98 Å². The van der Waals surface area contributed by atoms with Gasteiger partial charge in [0.15, 0.2) is 4.34 Å². The third-order valence-corrected chi connectivity index (χ3v) is 5.02. The van der Waals surface area contributed by atoms with Crippen molar-refractivity contribution >= 4 is 34.7 Å². The van der Waals surface area contributed by atoms with Gasteiger partial charge in [0.25, 0.3) is 0 Å². The van der Waals surface area contributed by atoms with Gasteiger partial charge in [-0.1, -0.05) is 29.4 Å². The van der Waals surface area contributed by atoms with E-state index in [1.54, 1.807) is 23.1 Å². The van der Waals surface area contributed by atoms with E-state index in [2.05, 4.69) is 22.4 Å². The van der Waals surface area contributed by atoms with E-state index in [0.717, 1.165) is 20.8 Å². The van der Waals surface area contributed by atoms with Crippen LogP contribution >= 0.6 is 34.7 Å². The van der Waals surface area contributed by atoms with Gasteiger partial charge in [0, 0.05) is 34.1 Å². The lowest BCUT2D eigenvalue weighted by molar-refractivity contribution is 0.687. The number of rotatable bonds is 5. The highest BCUT2D eigenvalue weighted by molar-refractivity contribution is 8.01. The van der Waals surface area contributed by atoms with Crippen LogP contribution in [0.15, 0.2) is 39.0 Å². The van der Waals surface area contributed by atoms with Crippen LogP contribution in [0.25, 0.3) is 0 Å². The molecule has 1 aromatic heterocycles. The molecular formula is C13H13ClN2S2. The summed E-state index contributed by atoms with van der Waals surface area (Å²) in [6.45, 7) is 0.867. The fraction of sp³-hybridized carbons (Fsp3) is 0.308. The van der Waals surface area contributed by atoms with E-state index >= 15 is 0 Å². The minimum atomic E-state index is 0.713. The van der Waals surface area contributed by atoms with Crippen LogP contribution in [0.2, 0.25) is 5.02 Å². The molecule has 1 heterocycles. The van der Waals surface area contributed by atoms with Crippen LogP contribution in [0.4, 0.5) is 0 Å². The highest BCUT2D eigenvalue weighted by Gasteiger charge is 2.20. The number of hydrogen-bond acceptors (Lipinski definition) is 4. The quantitative estimate of drug-likeness (QED) is 0.895. The van der Waals surface area contributed by atoms with Gasteiger partial charge in [-0.05, 0) is 30.5 Å². The summed E-state index contributed by atoms with van der Waals surface area (Å²) >= 11 is 9.61. The standard InChI is InChI=1S/C13H13ClN2S2/c14-12-7-11(18-13-15-5-6-17-13)4-1-9(12)8-16-10-2-3-10/h1,4-7,10,16H,2-3,8H2. The van der Waals surface area contributed by atoms with Crippen LogP contribution in [0.5, 0.6) is 0 Å². The minimum Gasteiger partial charge on any atom is -0.310 e. The Morgan fingerprint density at radius 1 is 1.44 bits per heavy atom. The van der Waals surface area contributed by atoms with Crippen molar-refractivity contribution < 1.29 is 0 Å². The van der Waals surface area contributed by atoms with Gasteiger partial charge in [0.05, 0.1) is 0 Å². The molecule has 0 spiro atoms. The number of aromatic nitrogens is 1. The summed E-state index contributed by atoms with van der Waals surface area (Å²) in [6, 6.07) is 6.96. The third kappa shape index (κ3) is 3.26. The number of thiazole rings is 1. The predicted molar refractivity (Wildman–Crippen MR) is 77.6 cm³/mol. The van der Waals surface area contributed by atoms with E-state index in [-0.39, 0.29) is 0 Å². The maximum absolute atomic E-state index is 6.30. The average molecular weight is 297 g/mol. The molecule has 2 nitrogen and oxygen atoms in total. The van der Waals surface area contributed by atoms with Gasteiger partial charge in [-0.15, -0.1) is 11.3 Å². The number of nitrogens with one attached hydrogen (secondary N) is 1. The Labute approximate surface area is 120 Å². The van der Waals surface area contributed by atoms with Crippen molar-refractivity contribution in [1.29, 1.82) is 0 Å². The Morgan fingerprint density at radius 3 is 3.00 bits per heavy atom. The van der Waals surface area contributed by atoms with E-state index < -0.39 is 0 Å². The molecular weight excluding hydrogens is 284 g/mol. The molecule has 0 atom stereocenters. The molecule has 1 saturated carbocycles. The van der Waals surface area contributed by atoms with Crippen LogP contribution in [0.1, 0.15) is 18.4 Å². The van der Waals surface area contributed by atoms with E-state index in [9.17, 15) is 0 Å². The zero-order valence-corrected chi connectivity index (χ0v) is 12.1. The molecule has 1 fully saturated rings. The van der Waals surface area contributed by atoms with E-state index in [1.165, 1.54) is 18.4 Å². The van der Waals surface area contributed by atoms with Gasteiger partial charge in [0.2, 0.25) is 0 Å². The molecule has 0 unspecified atom stereocenters. The molecule has 1 N–H and O–H groups in total. The lowest BCUT2D eigenvalue weighted by Crippen LogP contribution is -2.15. The van der Waals surface area contributed by atoms with Crippen LogP contribution in [0.3, 0.4) is 0 Å². The Hall–Kier alpha value is -0.550. The molecule has 0 amide bonds. The van der Waals surface area contributed by atoms with Gasteiger partial charge in [0.1, 0.15) is 0 Å². The average Bonchev–Trinajstić information content (AvgIpc) is 3.05. The maximum atomic E-state index is 6.30. The second-order valence-electron chi connectivity index (χ2n) is 4.31. The Kier molecular flexibility index (Phi) is 3.89. The molecule has 0 radical (unpaired) electrons. The summed E-state index contributed by atoms with van der Waals surface area (Å²) in [6.07, 6.45) is 4.42. The van der Waals surface area contributed by atoms with Gasteiger partial charge < -0.3 is 5.32 Å². The molecule has 1 aliphatic rings. The van der Waals surface area contributed by atoms with E-state index in [1.807, 2.05) is 17.6 Å². The first-order chi connectivity index (χ1) is 8.81. The van der Waals surface area contributed by atoms with Crippen molar-refractivity contribution in [2.75, 3.05) is 0 Å². The number of halogens is 1. The van der Waals surface area contributed by atoms with E-state index in [0.29, 0.717) is 6.04 Å². The van der Waals surface area contributed by atoms with E-state index in [4.69, 9.17) is 11.6 Å². The molecule has 94 valence electrons. The number of nitrogens with zero attached hydrogens (tertiary/aromatic N) is 1. The molecule has 0 bridgehead atoms. The highest BCUT2D eigenvalue weighted by Crippen LogP contribution is 2.32. The largest absolute Gasteiger partial charge is 0.310 e. The van der Waals surface area contributed by atoms with Crippen LogP contribution in [-0.4, -0.2) is 11.0 Å². The molecule has 5 heteroatoms. The fourth-order valence-corrected chi connectivity index (χ4v) is 3.59. The molecule has 1 aliphatic carbocycles. The number of hydrogen-bond donors (Lipinski definition) is 1. The lowest BCUT2D eigenvalue weighted by atomic mass is 10.2. The summed E-state index contributed by atoms with van der Waals surface area (Å²) in [5.74, 6) is 0. The zero-order valence-electron chi connectivity index (χ0n) is 9.73. The first-order valence-electron chi connectivity index (χ1n) is 5.90. The van der Waals surface area contributed by atoms with Crippen molar-refractivity contribution in [2.45, 2.75) is 34.7 Å². The predicted octanol–water partition coefficient (Wildman–Crippen LogP) is 4.20. The molecule has 1 aromatic carbocycles. The monoisotopic (exact) mass is 296 g/mol. The first kappa shape index (κ1) is 12.5. The molecule has 2 aromatic rings. The molecule has 0 saturated heterocycles. The zero-order chi connectivity index (χ0) is 12.4. The Bertz CT molecular complexity index is 524. The smallest absolute Gasteiger partial charge is 0.154 e. The van der Waals surface area contributed by atoms with Gasteiger partial charge in [-0.2, -0.15) is 0 Å². The first-order valence-corrected chi connectivity index (χ1v) is 7.98. The highest BCUT2D eigenvalue weighted by atomic mass is 35.5. The normalized spacial score (nSPS) is 14.9. The van der Waals surface area contributed by atoms with Crippen molar-refractivity contribution in [3.8, 4) is 0 Å². The van der Waals surface area contributed by atoms with Crippen LogP contribution in [0, 0.1) is 0 Å². The van der Waals surface area contributed by atoms with Crippen LogP contribution < -0.4 is 5.32 Å². The summed E-state index contributed by atoms with van der Waals surface area (Å²) in [7, 11) is 0. The van der Waals surface area contributed by atoms with Gasteiger partial charge >= 0.3 is 0 Å². The summed E-state index contributed by atoms with van der Waals surface area (Å²) in [5, 5.41) is 6.30. The molecule has 18 heavy (non-hydrogen) atoms. The summed E-state index contributed by atoms with van der Waals surface area (Å²) < 4.78 is 1.05. The topological polar surface area (TPSA) is 24.9 Å². The second-order valence-corrected chi connectivity index (χ2v) is 6.93. The van der Waals surface area contributed by atoms with Crippen molar-refractivity contribution in [2.24, 2.45) is 0 Å². The number of benzene rings is 1. The molecule has 3 rings (SSSR count). The summed E-state index contributed by atoms with van der Waals surface area (Å²) in [5.41, 5.74) is 1.17. The van der Waals surface area contributed by atoms with Crippen molar-refractivity contribution in [3.05, 3.63) is 40.4 Å². The minimum absolute atomic E-state index is 0.713. The summed E-state index contributed by atoms with van der Waals surface area (Å²) in [4.78, 5) is 5.40. The SMILES string of the molecule is Clc1cc(Sc2nccs2)ccc1CNC1CC1.